The highest BCUT2D eigenvalue weighted by atomic mass is 32.1. The van der Waals surface area contributed by atoms with E-state index in [0.29, 0.717) is 5.56 Å². The molecule has 140 valence electrons. The molecule has 2 aromatic rings. The van der Waals surface area contributed by atoms with Crippen molar-refractivity contribution in [2.45, 2.75) is 39.4 Å². The van der Waals surface area contributed by atoms with Crippen LogP contribution in [0.2, 0.25) is 0 Å². The monoisotopic (exact) mass is 378 g/mol. The van der Waals surface area contributed by atoms with Gasteiger partial charge in [-0.05, 0) is 38.8 Å². The number of rotatable bonds is 5. The number of thiazole rings is 1. The van der Waals surface area contributed by atoms with Crippen LogP contribution in [0.1, 0.15) is 38.1 Å². The number of hydrogen-bond acceptors (Lipinski definition) is 7. The Hall–Kier alpha value is -2.61. The number of primary amides is 1. The van der Waals surface area contributed by atoms with E-state index in [2.05, 4.69) is 4.98 Å². The van der Waals surface area contributed by atoms with Crippen LogP contribution >= 0.6 is 11.3 Å². The minimum absolute atomic E-state index is 0.198. The van der Waals surface area contributed by atoms with Gasteiger partial charge >= 0.3 is 12.2 Å². The number of benzene rings is 1. The van der Waals surface area contributed by atoms with Crippen molar-refractivity contribution in [2.24, 2.45) is 5.73 Å². The van der Waals surface area contributed by atoms with Crippen molar-refractivity contribution < 1.29 is 23.8 Å². The summed E-state index contributed by atoms with van der Waals surface area (Å²) in [6, 6.07) is 7.36. The van der Waals surface area contributed by atoms with Gasteiger partial charge in [0.1, 0.15) is 12.2 Å². The molecule has 0 aliphatic rings. The summed E-state index contributed by atoms with van der Waals surface area (Å²) in [4.78, 5) is 28.2. The Morgan fingerprint density at radius 3 is 2.38 bits per heavy atom. The summed E-state index contributed by atoms with van der Waals surface area (Å²) in [6.07, 6.45) is -2.62. The van der Waals surface area contributed by atoms with Crippen molar-refractivity contribution in [3.05, 3.63) is 41.0 Å². The number of amides is 1. The third-order valence-electron chi connectivity index (χ3n) is 3.29. The second-order valence-electron chi connectivity index (χ2n) is 6.59. The van der Waals surface area contributed by atoms with Gasteiger partial charge in [0.15, 0.2) is 6.10 Å². The third kappa shape index (κ3) is 5.73. The fraction of sp³-hybridized carbons (Fsp3) is 0.389. The van der Waals surface area contributed by atoms with Crippen molar-refractivity contribution in [3.8, 4) is 10.4 Å². The smallest absolute Gasteiger partial charge is 0.438 e. The molecule has 26 heavy (non-hydrogen) atoms. The molecule has 8 heteroatoms. The topological polar surface area (TPSA) is 101 Å². The van der Waals surface area contributed by atoms with E-state index in [1.54, 1.807) is 49.8 Å². The molecule has 0 aliphatic heterocycles. The zero-order valence-corrected chi connectivity index (χ0v) is 16.0. The molecule has 0 saturated heterocycles. The molecule has 7 nitrogen and oxygen atoms in total. The first-order valence-corrected chi connectivity index (χ1v) is 8.86. The molecule has 0 radical (unpaired) electrons. The molecule has 0 unspecified atom stereocenters. The van der Waals surface area contributed by atoms with E-state index >= 15 is 0 Å². The molecule has 2 N–H and O–H groups in total. The zero-order valence-electron chi connectivity index (χ0n) is 15.1. The molecule has 1 atom stereocenters. The molecule has 1 aromatic heterocycles. The van der Waals surface area contributed by atoms with Crippen molar-refractivity contribution >= 4 is 23.6 Å². The van der Waals surface area contributed by atoms with Crippen LogP contribution < -0.4 is 5.73 Å². The van der Waals surface area contributed by atoms with Crippen LogP contribution in [0.5, 0.6) is 0 Å². The summed E-state index contributed by atoms with van der Waals surface area (Å²) < 4.78 is 15.2. The molecule has 1 aromatic carbocycles. The maximum Gasteiger partial charge on any atom is 0.508 e. The fourth-order valence-electron chi connectivity index (χ4n) is 2.19. The van der Waals surface area contributed by atoms with Gasteiger partial charge in [-0.2, -0.15) is 0 Å². The van der Waals surface area contributed by atoms with E-state index in [1.165, 1.54) is 0 Å². The predicted octanol–water partition coefficient (Wildman–Crippen LogP) is 4.21. The standard InChI is InChI=1S/C18H22N2O5S/c1-11-15(26-10-20-11)13-7-5-12(6-8-13)14(24-16(19)21)9-23-17(22)25-18(2,3)4/h5-8,10,14H,9H2,1-4H3,(H2,19,21)/t14-/m0/s1. The zero-order chi connectivity index (χ0) is 19.3. The molecule has 0 fully saturated rings. The highest BCUT2D eigenvalue weighted by Gasteiger charge is 2.22. The summed E-state index contributed by atoms with van der Waals surface area (Å²) in [6.45, 7) is 6.92. The summed E-state index contributed by atoms with van der Waals surface area (Å²) in [5, 5.41) is 0. The molecular formula is C18H22N2O5S. The van der Waals surface area contributed by atoms with E-state index in [4.69, 9.17) is 19.9 Å². The van der Waals surface area contributed by atoms with Crippen LogP contribution in [0.4, 0.5) is 9.59 Å². The molecule has 1 amide bonds. The van der Waals surface area contributed by atoms with E-state index in [1.807, 2.05) is 19.1 Å². The van der Waals surface area contributed by atoms with Crippen LogP contribution in [0.15, 0.2) is 29.8 Å². The first-order valence-electron chi connectivity index (χ1n) is 7.98. The van der Waals surface area contributed by atoms with E-state index in [9.17, 15) is 9.59 Å². The normalized spacial score (nSPS) is 12.3. The maximum atomic E-state index is 11.7. The minimum Gasteiger partial charge on any atom is -0.438 e. The van der Waals surface area contributed by atoms with Gasteiger partial charge in [-0.25, -0.2) is 14.6 Å². The number of nitrogens with zero attached hydrogens (tertiary/aromatic N) is 1. The number of carbonyl (C=O) groups is 2. The summed E-state index contributed by atoms with van der Waals surface area (Å²) in [5.74, 6) is 0. The highest BCUT2D eigenvalue weighted by Crippen LogP contribution is 2.29. The lowest BCUT2D eigenvalue weighted by Gasteiger charge is -2.21. The van der Waals surface area contributed by atoms with Crippen molar-refractivity contribution in [1.29, 1.82) is 0 Å². The van der Waals surface area contributed by atoms with Crippen LogP contribution in [0.3, 0.4) is 0 Å². The third-order valence-corrected chi connectivity index (χ3v) is 4.27. The predicted molar refractivity (Wildman–Crippen MR) is 97.9 cm³/mol. The van der Waals surface area contributed by atoms with Gasteiger partial charge < -0.3 is 19.9 Å². The molecule has 1 heterocycles. The van der Waals surface area contributed by atoms with Crippen molar-refractivity contribution in [1.82, 2.24) is 4.98 Å². The van der Waals surface area contributed by atoms with Gasteiger partial charge in [-0.15, -0.1) is 11.3 Å². The Kier molecular flexibility index (Phi) is 6.20. The number of ether oxygens (including phenoxy) is 3. The molecule has 0 saturated carbocycles. The number of carbonyl (C=O) groups excluding carboxylic acids is 2. The van der Waals surface area contributed by atoms with E-state index in [-0.39, 0.29) is 6.61 Å². The second kappa shape index (κ2) is 8.18. The van der Waals surface area contributed by atoms with E-state index < -0.39 is 24.0 Å². The van der Waals surface area contributed by atoms with Crippen LogP contribution in [-0.4, -0.2) is 29.4 Å². The molecule has 0 spiro atoms. The Balaban J connectivity index is 2.10. The van der Waals surface area contributed by atoms with Crippen LogP contribution in [0, 0.1) is 6.92 Å². The summed E-state index contributed by atoms with van der Waals surface area (Å²) in [7, 11) is 0. The SMILES string of the molecule is Cc1ncsc1-c1ccc([C@H](COC(=O)OC(C)(C)C)OC(N)=O)cc1. The quantitative estimate of drug-likeness (QED) is 0.782. The lowest BCUT2D eigenvalue weighted by atomic mass is 10.1. The Bertz CT molecular complexity index is 765. The van der Waals surface area contributed by atoms with Crippen LogP contribution in [0.25, 0.3) is 10.4 Å². The van der Waals surface area contributed by atoms with Gasteiger partial charge in [0.2, 0.25) is 0 Å². The first kappa shape index (κ1) is 19.7. The summed E-state index contributed by atoms with van der Waals surface area (Å²) in [5.41, 5.74) is 8.83. The lowest BCUT2D eigenvalue weighted by Crippen LogP contribution is -2.27. The van der Waals surface area contributed by atoms with Gasteiger partial charge in [0.05, 0.1) is 16.1 Å². The number of aryl methyl sites for hydroxylation is 1. The first-order chi connectivity index (χ1) is 12.2. The maximum absolute atomic E-state index is 11.7. The lowest BCUT2D eigenvalue weighted by molar-refractivity contribution is -0.0273. The van der Waals surface area contributed by atoms with Gasteiger partial charge in [-0.3, -0.25) is 0 Å². The number of hydrogen-bond donors (Lipinski definition) is 1. The fourth-order valence-corrected chi connectivity index (χ4v) is 3.00. The molecule has 0 bridgehead atoms. The van der Waals surface area contributed by atoms with E-state index in [0.717, 1.165) is 16.1 Å². The Labute approximate surface area is 156 Å². The van der Waals surface area contributed by atoms with Crippen molar-refractivity contribution in [2.75, 3.05) is 6.61 Å². The Morgan fingerprint density at radius 2 is 1.88 bits per heavy atom. The van der Waals surface area contributed by atoms with Gasteiger partial charge in [-0.1, -0.05) is 24.3 Å². The average molecular weight is 378 g/mol. The molecule has 2 rings (SSSR count). The number of nitrogens with two attached hydrogens (primary N) is 1. The number of aromatic nitrogens is 1. The van der Waals surface area contributed by atoms with Gasteiger partial charge in [0.25, 0.3) is 0 Å². The minimum atomic E-state index is -0.954. The Morgan fingerprint density at radius 1 is 1.23 bits per heavy atom. The highest BCUT2D eigenvalue weighted by molar-refractivity contribution is 7.13. The summed E-state index contributed by atoms with van der Waals surface area (Å²) >= 11 is 1.54. The van der Waals surface area contributed by atoms with Gasteiger partial charge in [0, 0.05) is 0 Å². The van der Waals surface area contributed by atoms with Crippen molar-refractivity contribution in [3.63, 3.8) is 0 Å². The molecule has 0 aliphatic carbocycles. The second-order valence-corrected chi connectivity index (χ2v) is 7.44. The average Bonchev–Trinajstić information content (AvgIpc) is 2.96. The largest absolute Gasteiger partial charge is 0.508 e. The van der Waals surface area contributed by atoms with Crippen LogP contribution in [-0.2, 0) is 14.2 Å². The molecular weight excluding hydrogens is 356 g/mol.